The molecule has 1 unspecified atom stereocenters. The van der Waals surface area contributed by atoms with Crippen molar-refractivity contribution in [2.45, 2.75) is 51.1 Å². The summed E-state index contributed by atoms with van der Waals surface area (Å²) in [5, 5.41) is 11.3. The Labute approximate surface area is 95.4 Å². The molecule has 1 saturated carbocycles. The summed E-state index contributed by atoms with van der Waals surface area (Å²) in [4.78, 5) is 22.2. The Morgan fingerprint density at radius 1 is 1.38 bits per heavy atom. The normalized spacial score (nSPS) is 27.1. The number of carboxylic acid groups (broad SMARTS) is 1. The standard InChI is InChI=1S/C11H20N2O3/c1-7(6-10(14)15)13-11(16)8-2-4-9(12)5-3-8/h7-9H,2-6,12H2,1H3,(H,13,16)(H,14,15). The number of aliphatic carboxylic acids is 1. The van der Waals surface area contributed by atoms with Gasteiger partial charge in [-0.1, -0.05) is 0 Å². The van der Waals surface area contributed by atoms with Crippen LogP contribution in [0.4, 0.5) is 0 Å². The third-order valence-corrected chi connectivity index (χ3v) is 3.01. The molecule has 5 heteroatoms. The zero-order chi connectivity index (χ0) is 12.1. The van der Waals surface area contributed by atoms with Crippen LogP contribution in [0.2, 0.25) is 0 Å². The lowest BCUT2D eigenvalue weighted by Gasteiger charge is -2.26. The number of carbonyl (C=O) groups is 2. The van der Waals surface area contributed by atoms with Crippen molar-refractivity contribution >= 4 is 11.9 Å². The van der Waals surface area contributed by atoms with Crippen molar-refractivity contribution in [1.29, 1.82) is 0 Å². The maximum Gasteiger partial charge on any atom is 0.305 e. The van der Waals surface area contributed by atoms with E-state index in [0.717, 1.165) is 25.7 Å². The number of hydrogen-bond donors (Lipinski definition) is 3. The number of carboxylic acids is 1. The predicted octanol–water partition coefficient (Wildman–Crippen LogP) is 0.483. The number of rotatable bonds is 4. The van der Waals surface area contributed by atoms with E-state index in [9.17, 15) is 9.59 Å². The highest BCUT2D eigenvalue weighted by molar-refractivity contribution is 5.79. The number of amides is 1. The molecule has 92 valence electrons. The first-order chi connectivity index (χ1) is 7.49. The van der Waals surface area contributed by atoms with Crippen LogP contribution in [0.5, 0.6) is 0 Å². The Morgan fingerprint density at radius 3 is 2.44 bits per heavy atom. The van der Waals surface area contributed by atoms with E-state index >= 15 is 0 Å². The van der Waals surface area contributed by atoms with E-state index in [1.165, 1.54) is 0 Å². The molecule has 1 fully saturated rings. The molecule has 1 amide bonds. The van der Waals surface area contributed by atoms with E-state index in [1.54, 1.807) is 6.92 Å². The largest absolute Gasteiger partial charge is 0.481 e. The molecule has 0 spiro atoms. The highest BCUT2D eigenvalue weighted by Gasteiger charge is 2.25. The van der Waals surface area contributed by atoms with Crippen LogP contribution in [0.15, 0.2) is 0 Å². The van der Waals surface area contributed by atoms with Crippen LogP contribution < -0.4 is 11.1 Å². The summed E-state index contributed by atoms with van der Waals surface area (Å²) >= 11 is 0. The summed E-state index contributed by atoms with van der Waals surface area (Å²) in [6.07, 6.45) is 3.36. The molecule has 0 heterocycles. The van der Waals surface area contributed by atoms with Crippen LogP contribution >= 0.6 is 0 Å². The monoisotopic (exact) mass is 228 g/mol. The van der Waals surface area contributed by atoms with Gasteiger partial charge in [-0.05, 0) is 32.6 Å². The fourth-order valence-corrected chi connectivity index (χ4v) is 2.06. The first-order valence-electron chi connectivity index (χ1n) is 5.76. The molecule has 1 rings (SSSR count). The number of nitrogens with one attached hydrogen (secondary N) is 1. The van der Waals surface area contributed by atoms with Gasteiger partial charge in [0.1, 0.15) is 0 Å². The van der Waals surface area contributed by atoms with E-state index in [2.05, 4.69) is 5.32 Å². The minimum absolute atomic E-state index is 0.0102. The second kappa shape index (κ2) is 5.84. The van der Waals surface area contributed by atoms with Crippen molar-refractivity contribution in [3.63, 3.8) is 0 Å². The lowest BCUT2D eigenvalue weighted by Crippen LogP contribution is -2.40. The van der Waals surface area contributed by atoms with Crippen molar-refractivity contribution in [3.05, 3.63) is 0 Å². The molecule has 1 aliphatic rings. The minimum Gasteiger partial charge on any atom is -0.481 e. The van der Waals surface area contributed by atoms with Crippen molar-refractivity contribution in [1.82, 2.24) is 5.32 Å². The molecule has 5 nitrogen and oxygen atoms in total. The lowest BCUT2D eigenvalue weighted by atomic mass is 9.86. The smallest absolute Gasteiger partial charge is 0.305 e. The van der Waals surface area contributed by atoms with Gasteiger partial charge in [0, 0.05) is 18.0 Å². The predicted molar refractivity (Wildman–Crippen MR) is 59.8 cm³/mol. The third-order valence-electron chi connectivity index (χ3n) is 3.01. The van der Waals surface area contributed by atoms with Gasteiger partial charge in [0.25, 0.3) is 0 Å². The van der Waals surface area contributed by atoms with E-state index in [-0.39, 0.29) is 30.3 Å². The van der Waals surface area contributed by atoms with Gasteiger partial charge in [0.15, 0.2) is 0 Å². The Morgan fingerprint density at radius 2 is 1.94 bits per heavy atom. The van der Waals surface area contributed by atoms with Crippen LogP contribution in [0.1, 0.15) is 39.0 Å². The van der Waals surface area contributed by atoms with Gasteiger partial charge in [-0.3, -0.25) is 9.59 Å². The highest BCUT2D eigenvalue weighted by Crippen LogP contribution is 2.23. The zero-order valence-corrected chi connectivity index (χ0v) is 9.61. The molecule has 0 aromatic carbocycles. The Bertz CT molecular complexity index is 260. The highest BCUT2D eigenvalue weighted by atomic mass is 16.4. The Kier molecular flexibility index (Phi) is 4.73. The van der Waals surface area contributed by atoms with E-state index in [4.69, 9.17) is 10.8 Å². The summed E-state index contributed by atoms with van der Waals surface area (Å²) in [6, 6.07) is -0.0823. The van der Waals surface area contributed by atoms with Gasteiger partial charge in [0.2, 0.25) is 5.91 Å². The molecule has 0 aliphatic heterocycles. The fraction of sp³-hybridized carbons (Fsp3) is 0.818. The number of hydrogen-bond acceptors (Lipinski definition) is 3. The van der Waals surface area contributed by atoms with Gasteiger partial charge in [0.05, 0.1) is 6.42 Å². The molecule has 4 N–H and O–H groups in total. The van der Waals surface area contributed by atoms with Crippen molar-refractivity contribution in [2.24, 2.45) is 11.7 Å². The summed E-state index contributed by atoms with van der Waals surface area (Å²) in [5.41, 5.74) is 5.75. The zero-order valence-electron chi connectivity index (χ0n) is 9.61. The first-order valence-corrected chi connectivity index (χ1v) is 5.76. The summed E-state index contributed by atoms with van der Waals surface area (Å²) in [7, 11) is 0. The van der Waals surface area contributed by atoms with Gasteiger partial charge >= 0.3 is 5.97 Å². The lowest BCUT2D eigenvalue weighted by molar-refractivity contribution is -0.137. The Hall–Kier alpha value is -1.10. The summed E-state index contributed by atoms with van der Waals surface area (Å²) in [6.45, 7) is 1.71. The minimum atomic E-state index is -0.890. The van der Waals surface area contributed by atoms with E-state index < -0.39 is 5.97 Å². The van der Waals surface area contributed by atoms with E-state index in [1.807, 2.05) is 0 Å². The number of nitrogens with two attached hydrogens (primary N) is 1. The molecule has 0 aromatic rings. The van der Waals surface area contributed by atoms with Crippen LogP contribution in [0.3, 0.4) is 0 Å². The summed E-state index contributed by atoms with van der Waals surface area (Å²) < 4.78 is 0. The van der Waals surface area contributed by atoms with Gasteiger partial charge < -0.3 is 16.2 Å². The third kappa shape index (κ3) is 4.18. The van der Waals surface area contributed by atoms with Gasteiger partial charge in [-0.15, -0.1) is 0 Å². The molecule has 0 bridgehead atoms. The second-order valence-corrected chi connectivity index (χ2v) is 4.62. The molecular weight excluding hydrogens is 208 g/mol. The van der Waals surface area contributed by atoms with Crippen molar-refractivity contribution in [2.75, 3.05) is 0 Å². The average molecular weight is 228 g/mol. The molecule has 1 atom stereocenters. The molecule has 0 saturated heterocycles. The Balaban J connectivity index is 2.32. The van der Waals surface area contributed by atoms with Gasteiger partial charge in [-0.25, -0.2) is 0 Å². The molecule has 1 aliphatic carbocycles. The van der Waals surface area contributed by atoms with Crippen molar-refractivity contribution in [3.8, 4) is 0 Å². The molecule has 0 radical (unpaired) electrons. The maximum absolute atomic E-state index is 11.8. The van der Waals surface area contributed by atoms with E-state index in [0.29, 0.717) is 0 Å². The SMILES string of the molecule is CC(CC(=O)O)NC(=O)C1CCC(N)CC1. The average Bonchev–Trinajstić information content (AvgIpc) is 2.16. The summed E-state index contributed by atoms with van der Waals surface area (Å²) in [5.74, 6) is -0.907. The molecular formula is C11H20N2O3. The molecule has 0 aromatic heterocycles. The fourth-order valence-electron chi connectivity index (χ4n) is 2.06. The quantitative estimate of drug-likeness (QED) is 0.652. The van der Waals surface area contributed by atoms with Crippen LogP contribution in [0, 0.1) is 5.92 Å². The van der Waals surface area contributed by atoms with Gasteiger partial charge in [-0.2, -0.15) is 0 Å². The molecule has 16 heavy (non-hydrogen) atoms. The van der Waals surface area contributed by atoms with Crippen LogP contribution in [-0.4, -0.2) is 29.1 Å². The van der Waals surface area contributed by atoms with Crippen LogP contribution in [0.25, 0.3) is 0 Å². The maximum atomic E-state index is 11.8. The topological polar surface area (TPSA) is 92.4 Å². The van der Waals surface area contributed by atoms with Crippen molar-refractivity contribution < 1.29 is 14.7 Å². The van der Waals surface area contributed by atoms with Crippen LogP contribution in [-0.2, 0) is 9.59 Å². The second-order valence-electron chi connectivity index (χ2n) is 4.62. The first kappa shape index (κ1) is 13.0. The number of carbonyl (C=O) groups excluding carboxylic acids is 1.